The summed E-state index contributed by atoms with van der Waals surface area (Å²) in [7, 11) is -1.17. The molecule has 0 radical (unpaired) electrons. The van der Waals surface area contributed by atoms with Gasteiger partial charge in [-0.25, -0.2) is 9.59 Å². The van der Waals surface area contributed by atoms with Crippen molar-refractivity contribution < 1.29 is 47.2 Å². The molecule has 2 aliphatic heterocycles. The first kappa shape index (κ1) is 55.7. The SMILES string of the molecule is CC(C)(C)CC(C)(C)c1ccc(OCC(COC(=O)c2ccc(B3OC(C)(C)C(C)(C)O3)cc2)(COC(=O)c2ccc(B3OC(C)(C)C(C)(C)O3)cc2)COc2ccc(C(C)(C)CC(C)(C)C)cc2)cc1. The van der Waals surface area contributed by atoms with Crippen LogP contribution in [0.5, 0.6) is 11.5 Å². The molecule has 71 heavy (non-hydrogen) atoms. The van der Waals surface area contributed by atoms with Crippen molar-refractivity contribution >= 4 is 37.1 Å². The van der Waals surface area contributed by atoms with Crippen LogP contribution in [0.3, 0.4) is 0 Å². The van der Waals surface area contributed by atoms with Crippen molar-refractivity contribution in [3.05, 3.63) is 119 Å². The van der Waals surface area contributed by atoms with Gasteiger partial charge in [-0.3, -0.25) is 0 Å². The third kappa shape index (κ3) is 13.9. The average Bonchev–Trinajstić information content (AvgIpc) is 3.63. The fourth-order valence-electron chi connectivity index (χ4n) is 9.70. The monoisotopic (exact) mass is 973 g/mol. The van der Waals surface area contributed by atoms with E-state index in [0.717, 1.165) is 23.8 Å². The van der Waals surface area contributed by atoms with Gasteiger partial charge in [0.2, 0.25) is 0 Å². The van der Waals surface area contributed by atoms with Crippen molar-refractivity contribution in [2.45, 2.75) is 171 Å². The predicted molar refractivity (Wildman–Crippen MR) is 285 cm³/mol. The minimum Gasteiger partial charge on any atom is -0.493 e. The molecule has 0 aliphatic carbocycles. The van der Waals surface area contributed by atoms with Crippen molar-refractivity contribution in [3.63, 3.8) is 0 Å². The Labute approximate surface area is 426 Å². The molecule has 0 atom stereocenters. The van der Waals surface area contributed by atoms with Crippen LogP contribution in [0.15, 0.2) is 97.1 Å². The fourth-order valence-corrected chi connectivity index (χ4v) is 9.70. The van der Waals surface area contributed by atoms with Gasteiger partial charge in [-0.05, 0) is 160 Å². The van der Waals surface area contributed by atoms with Gasteiger partial charge in [-0.15, -0.1) is 0 Å². The lowest BCUT2D eigenvalue weighted by Gasteiger charge is -2.34. The van der Waals surface area contributed by atoms with Crippen molar-refractivity contribution in [1.29, 1.82) is 0 Å². The summed E-state index contributed by atoms with van der Waals surface area (Å²) in [6.07, 6.45) is 1.99. The molecule has 2 fully saturated rings. The quantitative estimate of drug-likeness (QED) is 0.0706. The topological polar surface area (TPSA) is 108 Å². The molecule has 2 heterocycles. The summed E-state index contributed by atoms with van der Waals surface area (Å²) in [5, 5.41) is 0. The van der Waals surface area contributed by atoms with Crippen LogP contribution in [0, 0.1) is 16.2 Å². The Bertz CT molecular complexity index is 2240. The largest absolute Gasteiger partial charge is 0.494 e. The zero-order chi connectivity index (χ0) is 52.6. The van der Waals surface area contributed by atoms with Crippen LogP contribution in [0.2, 0.25) is 0 Å². The molecule has 4 aromatic rings. The van der Waals surface area contributed by atoms with Crippen molar-refractivity contribution in [3.8, 4) is 11.5 Å². The van der Waals surface area contributed by atoms with Crippen molar-refractivity contribution in [2.75, 3.05) is 26.4 Å². The maximum atomic E-state index is 14.0. The lowest BCUT2D eigenvalue weighted by molar-refractivity contribution is -0.0426. The second kappa shape index (κ2) is 20.4. The Hall–Kier alpha value is -4.61. The first-order chi connectivity index (χ1) is 32.6. The predicted octanol–water partition coefficient (Wildman–Crippen LogP) is 11.9. The third-order valence-corrected chi connectivity index (χ3v) is 14.7. The maximum absolute atomic E-state index is 14.0. The van der Waals surface area contributed by atoms with E-state index < -0.39 is 54.0 Å². The fraction of sp³-hybridized carbons (Fsp3) is 0.559. The first-order valence-corrected chi connectivity index (χ1v) is 25.3. The van der Waals surface area contributed by atoms with Crippen molar-refractivity contribution in [1.82, 2.24) is 0 Å². The molecule has 384 valence electrons. The zero-order valence-corrected chi connectivity index (χ0v) is 46.2. The molecule has 2 aliphatic rings. The highest BCUT2D eigenvalue weighted by Gasteiger charge is 2.53. The smallest absolute Gasteiger partial charge is 0.493 e. The molecule has 0 spiro atoms. The standard InChI is InChI=1S/C59H82B2O10/c1-51(2,3)35-53(7,8)43-23-31-47(32-24-43)64-37-59(38-65-48-33-25-44(26-34-48)54(9,10)36-52(4,5)6,39-66-49(62)41-19-27-45(28-20-41)60-68-55(11,12)56(13,14)69-60)40-67-50(63)42-21-29-46(30-22-42)61-70-57(15,16)58(17,18)71-61/h19-34H,35-40H2,1-18H3. The van der Waals surface area contributed by atoms with Gasteiger partial charge in [0.25, 0.3) is 0 Å². The van der Waals surface area contributed by atoms with Crippen LogP contribution in [0.25, 0.3) is 0 Å². The van der Waals surface area contributed by atoms with Gasteiger partial charge in [0.1, 0.15) is 43.3 Å². The molecule has 0 unspecified atom stereocenters. The van der Waals surface area contributed by atoms with Crippen LogP contribution in [-0.4, -0.2) is 75.0 Å². The van der Waals surface area contributed by atoms with Gasteiger partial charge in [-0.2, -0.15) is 0 Å². The maximum Gasteiger partial charge on any atom is 0.494 e. The molecule has 0 amide bonds. The number of carbonyl (C=O) groups is 2. The van der Waals surface area contributed by atoms with E-state index in [1.54, 1.807) is 24.3 Å². The third-order valence-electron chi connectivity index (χ3n) is 14.7. The first-order valence-electron chi connectivity index (χ1n) is 25.3. The van der Waals surface area contributed by atoms with E-state index in [1.165, 1.54) is 11.1 Å². The Kier molecular flexibility index (Phi) is 16.0. The van der Waals surface area contributed by atoms with E-state index in [4.69, 9.17) is 37.6 Å². The van der Waals surface area contributed by atoms with Crippen LogP contribution in [-0.2, 0) is 38.9 Å². The highest BCUT2D eigenvalue weighted by Crippen LogP contribution is 2.40. The van der Waals surface area contributed by atoms with E-state index in [0.29, 0.717) is 22.6 Å². The van der Waals surface area contributed by atoms with Gasteiger partial charge < -0.3 is 37.6 Å². The Morgan fingerprint density at radius 3 is 0.972 bits per heavy atom. The van der Waals surface area contributed by atoms with Crippen LogP contribution in [0.1, 0.15) is 169 Å². The normalized spacial score (nSPS) is 17.8. The number of hydrogen-bond acceptors (Lipinski definition) is 10. The summed E-state index contributed by atoms with van der Waals surface area (Å²) >= 11 is 0. The number of esters is 2. The van der Waals surface area contributed by atoms with E-state index in [2.05, 4.69) is 93.5 Å². The summed E-state index contributed by atoms with van der Waals surface area (Å²) in [5.41, 5.74) is 1.52. The Morgan fingerprint density at radius 1 is 0.423 bits per heavy atom. The summed E-state index contributed by atoms with van der Waals surface area (Å²) in [4.78, 5) is 28.1. The van der Waals surface area contributed by atoms with Gasteiger partial charge in [0, 0.05) is 0 Å². The zero-order valence-electron chi connectivity index (χ0n) is 46.2. The molecule has 0 N–H and O–H groups in total. The Morgan fingerprint density at radius 2 is 0.704 bits per heavy atom. The van der Waals surface area contributed by atoms with E-state index in [-0.39, 0.29) is 48.1 Å². The molecule has 0 aromatic heterocycles. The van der Waals surface area contributed by atoms with Gasteiger partial charge in [0.05, 0.1) is 33.5 Å². The molecule has 0 bridgehead atoms. The highest BCUT2D eigenvalue weighted by molar-refractivity contribution is 6.62. The molecular weight excluding hydrogens is 890 g/mol. The molecule has 10 nitrogen and oxygen atoms in total. The highest BCUT2D eigenvalue weighted by atomic mass is 16.7. The number of hydrogen-bond donors (Lipinski definition) is 0. The average molecular weight is 973 g/mol. The summed E-state index contributed by atoms with van der Waals surface area (Å²) in [6.45, 7) is 38.1. The number of ether oxygens (including phenoxy) is 4. The summed E-state index contributed by atoms with van der Waals surface area (Å²) < 4.78 is 50.6. The molecular formula is C59H82B2O10. The molecule has 6 rings (SSSR count). The minimum atomic E-state index is -1.19. The minimum absolute atomic E-state index is 0.0171. The van der Waals surface area contributed by atoms with E-state index in [9.17, 15) is 9.59 Å². The molecule has 2 saturated heterocycles. The summed E-state index contributed by atoms with van der Waals surface area (Å²) in [6, 6.07) is 30.3. The lowest BCUT2D eigenvalue weighted by Crippen LogP contribution is -2.44. The Balaban J connectivity index is 1.29. The number of carbonyl (C=O) groups excluding carboxylic acids is 2. The summed E-state index contributed by atoms with van der Waals surface area (Å²) in [5.74, 6) is 0.111. The number of rotatable bonds is 18. The van der Waals surface area contributed by atoms with Crippen LogP contribution in [0.4, 0.5) is 0 Å². The molecule has 0 saturated carbocycles. The lowest BCUT2D eigenvalue weighted by atomic mass is 9.72. The second-order valence-electron chi connectivity index (χ2n) is 25.9. The van der Waals surface area contributed by atoms with Crippen LogP contribution < -0.4 is 20.4 Å². The molecule has 12 heteroatoms. The van der Waals surface area contributed by atoms with Crippen molar-refractivity contribution in [2.24, 2.45) is 16.2 Å². The number of benzene rings is 4. The van der Waals surface area contributed by atoms with E-state index in [1.807, 2.05) is 104 Å². The van der Waals surface area contributed by atoms with Gasteiger partial charge >= 0.3 is 26.2 Å². The van der Waals surface area contributed by atoms with Gasteiger partial charge in [0.15, 0.2) is 0 Å². The van der Waals surface area contributed by atoms with Crippen LogP contribution >= 0.6 is 0 Å². The van der Waals surface area contributed by atoms with E-state index >= 15 is 0 Å². The second-order valence-corrected chi connectivity index (χ2v) is 25.9. The molecule has 4 aromatic carbocycles. The van der Waals surface area contributed by atoms with Gasteiger partial charge in [-0.1, -0.05) is 118 Å².